The molecule has 0 fully saturated rings. The first-order chi connectivity index (χ1) is 14.9. The van der Waals surface area contributed by atoms with Gasteiger partial charge in [0.15, 0.2) is 11.7 Å². The molecule has 3 aromatic carbocycles. The molecule has 158 valence electrons. The Morgan fingerprint density at radius 2 is 1.71 bits per heavy atom. The molecule has 0 aliphatic heterocycles. The Bertz CT molecular complexity index is 1330. The van der Waals surface area contributed by atoms with Crippen molar-refractivity contribution in [2.24, 2.45) is 5.14 Å². The fourth-order valence-electron chi connectivity index (χ4n) is 3.37. The van der Waals surface area contributed by atoms with Gasteiger partial charge in [-0.3, -0.25) is 0 Å². The molecular formula is C23H19ClN2O4S. The normalized spacial score (nSPS) is 11.5. The number of hydrogen-bond donors (Lipinski definition) is 1. The number of methoxy groups -OCH3 is 1. The molecule has 0 bridgehead atoms. The van der Waals surface area contributed by atoms with Crippen LogP contribution in [0.4, 0.5) is 0 Å². The van der Waals surface area contributed by atoms with E-state index < -0.39 is 10.0 Å². The van der Waals surface area contributed by atoms with Gasteiger partial charge in [0.05, 0.1) is 22.6 Å². The van der Waals surface area contributed by atoms with E-state index in [1.165, 1.54) is 13.2 Å². The number of benzene rings is 3. The monoisotopic (exact) mass is 454 g/mol. The predicted molar refractivity (Wildman–Crippen MR) is 120 cm³/mol. The van der Waals surface area contributed by atoms with E-state index in [-0.39, 0.29) is 4.90 Å². The first-order valence-electron chi connectivity index (χ1n) is 9.37. The van der Waals surface area contributed by atoms with Crippen molar-refractivity contribution in [3.8, 4) is 28.3 Å². The Morgan fingerprint density at radius 3 is 2.42 bits per heavy atom. The Balaban J connectivity index is 1.97. The first-order valence-corrected chi connectivity index (χ1v) is 11.3. The number of sulfonamides is 1. The predicted octanol–water partition coefficient (Wildman–Crippen LogP) is 4.91. The van der Waals surface area contributed by atoms with Crippen LogP contribution in [0.5, 0.6) is 5.75 Å². The SMILES string of the molecule is COc1cccc(Cl)c1-c1oc(Cc2ccccc2)nc1-c1ccccc1S(N)(=O)=O. The van der Waals surface area contributed by atoms with Crippen molar-refractivity contribution in [3.05, 3.63) is 89.3 Å². The number of aromatic nitrogens is 1. The van der Waals surface area contributed by atoms with Crippen LogP contribution in [0.15, 0.2) is 82.1 Å². The zero-order valence-corrected chi connectivity index (χ0v) is 18.2. The van der Waals surface area contributed by atoms with Crippen molar-refractivity contribution < 1.29 is 17.6 Å². The topological polar surface area (TPSA) is 95.4 Å². The smallest absolute Gasteiger partial charge is 0.238 e. The minimum Gasteiger partial charge on any atom is -0.496 e. The minimum absolute atomic E-state index is 0.0539. The van der Waals surface area contributed by atoms with Crippen molar-refractivity contribution in [2.75, 3.05) is 7.11 Å². The molecule has 0 radical (unpaired) electrons. The standard InChI is InChI=1S/C23H19ClN2O4S/c1-29-18-12-7-11-17(24)21(18)23-22(16-10-5-6-13-19(16)31(25,27)28)26-20(30-23)14-15-8-3-2-4-9-15/h2-13H,14H2,1H3,(H2,25,27,28). The molecule has 1 heterocycles. The number of rotatable bonds is 6. The molecule has 0 aliphatic carbocycles. The Kier molecular flexibility index (Phi) is 5.82. The van der Waals surface area contributed by atoms with E-state index >= 15 is 0 Å². The summed E-state index contributed by atoms with van der Waals surface area (Å²) in [6, 6.07) is 21.3. The highest BCUT2D eigenvalue weighted by atomic mass is 35.5. The molecule has 6 nitrogen and oxygen atoms in total. The van der Waals surface area contributed by atoms with Crippen LogP contribution in [0.25, 0.3) is 22.6 Å². The highest BCUT2D eigenvalue weighted by Crippen LogP contribution is 2.43. The molecule has 0 saturated heterocycles. The van der Waals surface area contributed by atoms with Crippen molar-refractivity contribution in [3.63, 3.8) is 0 Å². The molecule has 4 aromatic rings. The lowest BCUT2D eigenvalue weighted by Crippen LogP contribution is -2.13. The molecule has 8 heteroatoms. The average Bonchev–Trinajstić information content (AvgIpc) is 3.16. The van der Waals surface area contributed by atoms with Crippen molar-refractivity contribution in [1.29, 1.82) is 0 Å². The molecule has 1 aromatic heterocycles. The molecule has 0 spiro atoms. The molecule has 2 N–H and O–H groups in total. The van der Waals surface area contributed by atoms with Gasteiger partial charge in [-0.1, -0.05) is 66.2 Å². The van der Waals surface area contributed by atoms with E-state index in [1.54, 1.807) is 36.4 Å². The van der Waals surface area contributed by atoms with Gasteiger partial charge in [0.25, 0.3) is 0 Å². The van der Waals surface area contributed by atoms with E-state index in [1.807, 2.05) is 30.3 Å². The molecule has 4 rings (SSSR count). The maximum atomic E-state index is 12.2. The minimum atomic E-state index is -4.00. The third-order valence-electron chi connectivity index (χ3n) is 4.74. The van der Waals surface area contributed by atoms with Gasteiger partial charge in [-0.25, -0.2) is 18.5 Å². The van der Waals surface area contributed by atoms with Crippen molar-refractivity contribution in [2.45, 2.75) is 11.3 Å². The van der Waals surface area contributed by atoms with Crippen LogP contribution < -0.4 is 9.88 Å². The van der Waals surface area contributed by atoms with Gasteiger partial charge < -0.3 is 9.15 Å². The zero-order chi connectivity index (χ0) is 22.0. The zero-order valence-electron chi connectivity index (χ0n) is 16.6. The van der Waals surface area contributed by atoms with E-state index in [4.69, 9.17) is 25.9 Å². The van der Waals surface area contributed by atoms with Gasteiger partial charge in [0, 0.05) is 12.0 Å². The van der Waals surface area contributed by atoms with Crippen LogP contribution in [0, 0.1) is 0 Å². The number of nitrogens with two attached hydrogens (primary N) is 1. The summed E-state index contributed by atoms with van der Waals surface area (Å²) < 4.78 is 36.1. The van der Waals surface area contributed by atoms with E-state index in [9.17, 15) is 8.42 Å². The summed E-state index contributed by atoms with van der Waals surface area (Å²) in [6.45, 7) is 0. The summed E-state index contributed by atoms with van der Waals surface area (Å²) in [5.41, 5.74) is 2.12. The molecule has 0 unspecified atom stereocenters. The summed E-state index contributed by atoms with van der Waals surface area (Å²) in [7, 11) is -2.48. The summed E-state index contributed by atoms with van der Waals surface area (Å²) in [4.78, 5) is 4.59. The van der Waals surface area contributed by atoms with Gasteiger partial charge in [-0.15, -0.1) is 0 Å². The first kappa shape index (κ1) is 21.1. The van der Waals surface area contributed by atoms with E-state index in [0.29, 0.717) is 45.7 Å². The summed E-state index contributed by atoms with van der Waals surface area (Å²) in [5.74, 6) is 1.19. The quantitative estimate of drug-likeness (QED) is 0.446. The fourth-order valence-corrected chi connectivity index (χ4v) is 4.36. The molecule has 0 aliphatic rings. The number of ether oxygens (including phenoxy) is 1. The van der Waals surface area contributed by atoms with Crippen LogP contribution >= 0.6 is 11.6 Å². The van der Waals surface area contributed by atoms with E-state index in [0.717, 1.165) is 5.56 Å². The Labute approximate surface area is 185 Å². The molecule has 0 atom stereocenters. The highest BCUT2D eigenvalue weighted by molar-refractivity contribution is 7.89. The second-order valence-electron chi connectivity index (χ2n) is 6.81. The van der Waals surface area contributed by atoms with Gasteiger partial charge in [0.1, 0.15) is 11.4 Å². The number of hydrogen-bond acceptors (Lipinski definition) is 5. The fraction of sp³-hybridized carbons (Fsp3) is 0.0870. The van der Waals surface area contributed by atoms with Gasteiger partial charge in [0.2, 0.25) is 10.0 Å². The summed E-state index contributed by atoms with van der Waals surface area (Å²) in [5, 5.41) is 5.85. The maximum absolute atomic E-state index is 12.2. The van der Waals surface area contributed by atoms with Crippen molar-refractivity contribution in [1.82, 2.24) is 4.98 Å². The average molecular weight is 455 g/mol. The van der Waals surface area contributed by atoms with Crippen LogP contribution in [-0.2, 0) is 16.4 Å². The number of oxazole rings is 1. The second-order valence-corrected chi connectivity index (χ2v) is 8.74. The van der Waals surface area contributed by atoms with Crippen LogP contribution in [0.2, 0.25) is 5.02 Å². The lowest BCUT2D eigenvalue weighted by Gasteiger charge is -2.11. The number of halogens is 1. The Hall–Kier alpha value is -3.13. The van der Waals surface area contributed by atoms with Crippen LogP contribution in [-0.4, -0.2) is 20.5 Å². The van der Waals surface area contributed by atoms with Gasteiger partial charge in [-0.2, -0.15) is 0 Å². The van der Waals surface area contributed by atoms with Crippen LogP contribution in [0.1, 0.15) is 11.5 Å². The van der Waals surface area contributed by atoms with Gasteiger partial charge in [-0.05, 0) is 23.8 Å². The third kappa shape index (κ3) is 4.34. The Morgan fingerprint density at radius 1 is 1.00 bits per heavy atom. The highest BCUT2D eigenvalue weighted by Gasteiger charge is 2.26. The molecule has 0 saturated carbocycles. The number of nitrogens with zero attached hydrogens (tertiary/aromatic N) is 1. The van der Waals surface area contributed by atoms with Crippen LogP contribution in [0.3, 0.4) is 0 Å². The summed E-state index contributed by atoms with van der Waals surface area (Å²) in [6.07, 6.45) is 0.415. The molecule has 0 amide bonds. The molecular weight excluding hydrogens is 436 g/mol. The summed E-state index contributed by atoms with van der Waals surface area (Å²) >= 11 is 6.49. The van der Waals surface area contributed by atoms with E-state index in [2.05, 4.69) is 4.98 Å². The number of primary sulfonamides is 1. The molecule has 31 heavy (non-hydrogen) atoms. The van der Waals surface area contributed by atoms with Crippen molar-refractivity contribution >= 4 is 21.6 Å². The third-order valence-corrected chi connectivity index (χ3v) is 6.02. The largest absolute Gasteiger partial charge is 0.496 e. The maximum Gasteiger partial charge on any atom is 0.238 e. The lowest BCUT2D eigenvalue weighted by molar-refractivity contribution is 0.414. The second kappa shape index (κ2) is 8.55. The lowest BCUT2D eigenvalue weighted by atomic mass is 10.0. The van der Waals surface area contributed by atoms with Gasteiger partial charge >= 0.3 is 0 Å².